The lowest BCUT2D eigenvalue weighted by atomic mass is 10.2. The number of thioether (sulfide) groups is 1. The molecule has 17 heavy (non-hydrogen) atoms. The molecule has 0 aliphatic carbocycles. The zero-order chi connectivity index (χ0) is 12.4. The van der Waals surface area contributed by atoms with E-state index in [9.17, 15) is 4.39 Å². The van der Waals surface area contributed by atoms with Crippen LogP contribution in [0.5, 0.6) is 0 Å². The van der Waals surface area contributed by atoms with Crippen LogP contribution in [0.25, 0.3) is 0 Å². The molecule has 1 aliphatic heterocycles. The Balaban J connectivity index is 2.16. The zero-order valence-corrected chi connectivity index (χ0v) is 12.2. The lowest BCUT2D eigenvalue weighted by Gasteiger charge is -2.19. The summed E-state index contributed by atoms with van der Waals surface area (Å²) in [5.74, 6) is 1.42. The molecule has 2 rings (SSSR count). The molecule has 0 amide bonds. The van der Waals surface area contributed by atoms with Crippen LogP contribution in [0.3, 0.4) is 0 Å². The number of aryl methyl sites for hydroxylation is 1. The number of halogens is 2. The first kappa shape index (κ1) is 12.9. The standard InChI is InChI=1S/C12H14BrFN2S/c1-7-5-15-12(17-6-7)16-11-4-10(14)9(13)3-8(11)2/h3-4,7H,5-6H2,1-2H3,(H,15,16). The molecule has 0 aromatic heterocycles. The number of anilines is 1. The molecule has 0 saturated carbocycles. The zero-order valence-electron chi connectivity index (χ0n) is 9.76. The van der Waals surface area contributed by atoms with Crippen LogP contribution in [0.2, 0.25) is 0 Å². The van der Waals surface area contributed by atoms with E-state index in [1.807, 2.05) is 6.92 Å². The fourth-order valence-corrected chi connectivity index (χ4v) is 2.88. The predicted molar refractivity (Wildman–Crippen MR) is 76.4 cm³/mol. The van der Waals surface area contributed by atoms with E-state index in [1.54, 1.807) is 17.8 Å². The second kappa shape index (κ2) is 5.40. The largest absolute Gasteiger partial charge is 0.335 e. The number of rotatable bonds is 1. The first-order chi connectivity index (χ1) is 8.06. The Hall–Kier alpha value is -0.550. The Kier molecular flexibility index (Phi) is 4.09. The average molecular weight is 317 g/mol. The van der Waals surface area contributed by atoms with Crippen LogP contribution in [0.4, 0.5) is 10.1 Å². The first-order valence-corrected chi connectivity index (χ1v) is 7.24. The molecule has 1 atom stereocenters. The van der Waals surface area contributed by atoms with Crippen molar-refractivity contribution >= 4 is 38.5 Å². The van der Waals surface area contributed by atoms with Gasteiger partial charge in [-0.25, -0.2) is 4.39 Å². The highest BCUT2D eigenvalue weighted by atomic mass is 79.9. The molecule has 2 nitrogen and oxygen atoms in total. The highest BCUT2D eigenvalue weighted by molar-refractivity contribution is 9.10. The first-order valence-electron chi connectivity index (χ1n) is 5.46. The Morgan fingerprint density at radius 1 is 1.53 bits per heavy atom. The van der Waals surface area contributed by atoms with Gasteiger partial charge in [-0.3, -0.25) is 4.99 Å². The molecule has 0 radical (unpaired) electrons. The third-order valence-electron chi connectivity index (χ3n) is 2.56. The van der Waals surface area contributed by atoms with Gasteiger partial charge in [0.2, 0.25) is 0 Å². The lowest BCUT2D eigenvalue weighted by Crippen LogP contribution is -2.19. The monoisotopic (exact) mass is 316 g/mol. The number of benzene rings is 1. The van der Waals surface area contributed by atoms with Crippen molar-refractivity contribution in [1.29, 1.82) is 0 Å². The quantitative estimate of drug-likeness (QED) is 0.845. The highest BCUT2D eigenvalue weighted by Crippen LogP contribution is 2.26. The number of nitrogens with zero attached hydrogens (tertiary/aromatic N) is 1. The molecular formula is C12H14BrFN2S. The van der Waals surface area contributed by atoms with Crippen molar-refractivity contribution in [3.8, 4) is 0 Å². The molecule has 0 saturated heterocycles. The van der Waals surface area contributed by atoms with E-state index in [-0.39, 0.29) is 5.82 Å². The molecule has 0 fully saturated rings. The van der Waals surface area contributed by atoms with Crippen LogP contribution in [0, 0.1) is 18.7 Å². The third kappa shape index (κ3) is 3.22. The van der Waals surface area contributed by atoms with Crippen molar-refractivity contribution < 1.29 is 4.39 Å². The van der Waals surface area contributed by atoms with Gasteiger partial charge in [-0.1, -0.05) is 18.7 Å². The van der Waals surface area contributed by atoms with Crippen molar-refractivity contribution in [1.82, 2.24) is 0 Å². The molecule has 1 heterocycles. The molecule has 1 unspecified atom stereocenters. The van der Waals surface area contributed by atoms with Crippen LogP contribution in [0.1, 0.15) is 12.5 Å². The van der Waals surface area contributed by atoms with Crippen LogP contribution < -0.4 is 5.32 Å². The van der Waals surface area contributed by atoms with E-state index in [0.717, 1.165) is 28.7 Å². The minimum Gasteiger partial charge on any atom is -0.335 e. The van der Waals surface area contributed by atoms with Gasteiger partial charge >= 0.3 is 0 Å². The summed E-state index contributed by atoms with van der Waals surface area (Å²) in [4.78, 5) is 4.43. The van der Waals surface area contributed by atoms with Crippen molar-refractivity contribution in [2.45, 2.75) is 13.8 Å². The van der Waals surface area contributed by atoms with E-state index in [0.29, 0.717) is 10.4 Å². The predicted octanol–water partition coefficient (Wildman–Crippen LogP) is 4.05. The Bertz CT molecular complexity index is 462. The number of amidine groups is 1. The van der Waals surface area contributed by atoms with Gasteiger partial charge in [0, 0.05) is 18.0 Å². The Morgan fingerprint density at radius 2 is 2.29 bits per heavy atom. The Morgan fingerprint density at radius 3 is 2.94 bits per heavy atom. The van der Waals surface area contributed by atoms with E-state index in [1.165, 1.54) is 6.07 Å². The third-order valence-corrected chi connectivity index (χ3v) is 4.41. The van der Waals surface area contributed by atoms with Gasteiger partial charge in [-0.2, -0.15) is 0 Å². The van der Waals surface area contributed by atoms with Crippen LogP contribution in [0.15, 0.2) is 21.6 Å². The summed E-state index contributed by atoms with van der Waals surface area (Å²) in [5.41, 5.74) is 1.78. The second-order valence-corrected chi connectivity index (χ2v) is 6.13. The van der Waals surface area contributed by atoms with Gasteiger partial charge in [0.05, 0.1) is 4.47 Å². The van der Waals surface area contributed by atoms with E-state index < -0.39 is 0 Å². The fourth-order valence-electron chi connectivity index (χ4n) is 1.53. The summed E-state index contributed by atoms with van der Waals surface area (Å²) in [7, 11) is 0. The summed E-state index contributed by atoms with van der Waals surface area (Å²) in [6.07, 6.45) is 0. The minimum absolute atomic E-state index is 0.257. The Labute approximate surface area is 113 Å². The van der Waals surface area contributed by atoms with Gasteiger partial charge in [0.1, 0.15) is 5.82 Å². The lowest BCUT2D eigenvalue weighted by molar-refractivity contribution is 0.621. The summed E-state index contributed by atoms with van der Waals surface area (Å²) in [5, 5.41) is 4.07. The molecular weight excluding hydrogens is 303 g/mol. The smallest absolute Gasteiger partial charge is 0.161 e. The molecule has 5 heteroatoms. The molecule has 92 valence electrons. The van der Waals surface area contributed by atoms with Crippen molar-refractivity contribution in [2.24, 2.45) is 10.9 Å². The van der Waals surface area contributed by atoms with Crippen LogP contribution in [-0.2, 0) is 0 Å². The molecule has 1 aromatic carbocycles. The van der Waals surface area contributed by atoms with Gasteiger partial charge in [0.15, 0.2) is 5.17 Å². The number of hydrogen-bond acceptors (Lipinski definition) is 3. The maximum Gasteiger partial charge on any atom is 0.161 e. The highest BCUT2D eigenvalue weighted by Gasteiger charge is 2.13. The van der Waals surface area contributed by atoms with Gasteiger partial charge in [-0.15, -0.1) is 0 Å². The summed E-state index contributed by atoms with van der Waals surface area (Å²) in [6, 6.07) is 3.27. The topological polar surface area (TPSA) is 24.4 Å². The number of nitrogens with one attached hydrogen (secondary N) is 1. The van der Waals surface area contributed by atoms with Crippen LogP contribution >= 0.6 is 27.7 Å². The van der Waals surface area contributed by atoms with Crippen molar-refractivity contribution in [3.05, 3.63) is 28.0 Å². The van der Waals surface area contributed by atoms with E-state index in [2.05, 4.69) is 33.2 Å². The van der Waals surface area contributed by atoms with Gasteiger partial charge in [0.25, 0.3) is 0 Å². The normalized spacial score (nSPS) is 20.0. The maximum atomic E-state index is 13.4. The second-order valence-electron chi connectivity index (χ2n) is 4.27. The summed E-state index contributed by atoms with van der Waals surface area (Å²) in [6.45, 7) is 4.97. The number of hydrogen-bond donors (Lipinski definition) is 1. The summed E-state index contributed by atoms with van der Waals surface area (Å²) < 4.78 is 13.9. The fraction of sp³-hybridized carbons (Fsp3) is 0.417. The maximum absolute atomic E-state index is 13.4. The SMILES string of the molecule is Cc1cc(Br)c(F)cc1NC1=NCC(C)CS1. The average Bonchev–Trinajstić information content (AvgIpc) is 2.29. The van der Waals surface area contributed by atoms with E-state index in [4.69, 9.17) is 0 Å². The number of aliphatic imine (C=N–C) groups is 1. The van der Waals surface area contributed by atoms with Gasteiger partial charge in [-0.05, 0) is 46.5 Å². The van der Waals surface area contributed by atoms with Crippen molar-refractivity contribution in [3.63, 3.8) is 0 Å². The van der Waals surface area contributed by atoms with Gasteiger partial charge < -0.3 is 5.32 Å². The molecule has 1 N–H and O–H groups in total. The molecule has 1 aliphatic rings. The van der Waals surface area contributed by atoms with Crippen molar-refractivity contribution in [2.75, 3.05) is 17.6 Å². The minimum atomic E-state index is -0.257. The van der Waals surface area contributed by atoms with E-state index >= 15 is 0 Å². The molecule has 0 bridgehead atoms. The molecule has 1 aromatic rings. The summed E-state index contributed by atoms with van der Waals surface area (Å²) >= 11 is 4.86. The van der Waals surface area contributed by atoms with Crippen LogP contribution in [-0.4, -0.2) is 17.5 Å². The molecule has 0 spiro atoms.